The maximum Gasteiger partial charge on any atom is 0.224 e. The normalized spacial score (nSPS) is 14.1. The predicted molar refractivity (Wildman–Crippen MR) is 122 cm³/mol. The number of halogens is 2. The monoisotopic (exact) mass is 468 g/mol. The number of aromatic nitrogens is 3. The van der Waals surface area contributed by atoms with Crippen molar-refractivity contribution < 1.29 is 18.3 Å². The minimum absolute atomic E-state index is 0.0369. The van der Waals surface area contributed by atoms with Gasteiger partial charge in [-0.15, -0.1) is 0 Å². The van der Waals surface area contributed by atoms with Gasteiger partial charge in [-0.25, -0.2) is 9.97 Å². The summed E-state index contributed by atoms with van der Waals surface area (Å²) in [5.41, 5.74) is 1.76. The largest absolute Gasteiger partial charge is 0.476 e. The third-order valence-corrected chi connectivity index (χ3v) is 5.44. The SMILES string of the molecule is O=C(Cc1ccc(-c2ccc(OCCN3CCNCC3)nc2F)cc1)NCc1nccc(F)n1. The zero-order chi connectivity index (χ0) is 23.8. The summed E-state index contributed by atoms with van der Waals surface area (Å²) in [6, 6.07) is 11.4. The number of carbonyl (C=O) groups is 1. The van der Waals surface area contributed by atoms with Crippen LogP contribution in [0.1, 0.15) is 11.4 Å². The zero-order valence-corrected chi connectivity index (χ0v) is 18.6. The van der Waals surface area contributed by atoms with Gasteiger partial charge in [0.25, 0.3) is 0 Å². The molecule has 2 N–H and O–H groups in total. The third kappa shape index (κ3) is 6.75. The molecule has 0 atom stereocenters. The minimum Gasteiger partial charge on any atom is -0.476 e. The first-order valence-electron chi connectivity index (χ1n) is 11.1. The lowest BCUT2D eigenvalue weighted by Gasteiger charge is -2.26. The van der Waals surface area contributed by atoms with Crippen LogP contribution in [-0.4, -0.2) is 65.1 Å². The van der Waals surface area contributed by atoms with Crippen LogP contribution in [0.5, 0.6) is 5.88 Å². The van der Waals surface area contributed by atoms with Gasteiger partial charge in [-0.2, -0.15) is 13.8 Å². The van der Waals surface area contributed by atoms with Gasteiger partial charge in [0.15, 0.2) is 5.82 Å². The first-order chi connectivity index (χ1) is 16.6. The lowest BCUT2D eigenvalue weighted by atomic mass is 10.0. The number of rotatable bonds is 9. The Morgan fingerprint density at radius 1 is 1.06 bits per heavy atom. The Balaban J connectivity index is 1.28. The molecule has 0 bridgehead atoms. The highest BCUT2D eigenvalue weighted by Gasteiger charge is 2.12. The van der Waals surface area contributed by atoms with Crippen molar-refractivity contribution in [3.8, 4) is 17.0 Å². The highest BCUT2D eigenvalue weighted by Crippen LogP contribution is 2.24. The molecule has 0 radical (unpaired) electrons. The molecule has 0 saturated carbocycles. The van der Waals surface area contributed by atoms with E-state index in [-0.39, 0.29) is 30.6 Å². The van der Waals surface area contributed by atoms with E-state index in [1.54, 1.807) is 36.4 Å². The highest BCUT2D eigenvalue weighted by atomic mass is 19.1. The molecular weight excluding hydrogens is 442 g/mol. The maximum absolute atomic E-state index is 14.6. The molecule has 3 aromatic rings. The van der Waals surface area contributed by atoms with E-state index >= 15 is 0 Å². The van der Waals surface area contributed by atoms with Gasteiger partial charge in [0.1, 0.15) is 6.61 Å². The number of nitrogens with zero attached hydrogens (tertiary/aromatic N) is 4. The Hall–Kier alpha value is -3.50. The van der Waals surface area contributed by atoms with E-state index in [9.17, 15) is 13.6 Å². The average Bonchev–Trinajstić information content (AvgIpc) is 2.84. The topological polar surface area (TPSA) is 92.3 Å². The number of carbonyl (C=O) groups excluding carboxylic acids is 1. The van der Waals surface area contributed by atoms with Crippen LogP contribution in [0.25, 0.3) is 11.1 Å². The molecule has 8 nitrogen and oxygen atoms in total. The first-order valence-corrected chi connectivity index (χ1v) is 11.1. The van der Waals surface area contributed by atoms with E-state index in [2.05, 4.69) is 30.5 Å². The van der Waals surface area contributed by atoms with Gasteiger partial charge in [0, 0.05) is 56.6 Å². The van der Waals surface area contributed by atoms with Crippen LogP contribution in [0.15, 0.2) is 48.7 Å². The van der Waals surface area contributed by atoms with Crippen molar-refractivity contribution in [2.45, 2.75) is 13.0 Å². The zero-order valence-electron chi connectivity index (χ0n) is 18.6. The summed E-state index contributed by atoms with van der Waals surface area (Å²) in [7, 11) is 0. The van der Waals surface area contributed by atoms with Gasteiger partial charge in [-0.05, 0) is 17.2 Å². The summed E-state index contributed by atoms with van der Waals surface area (Å²) in [6.07, 6.45) is 1.42. The molecule has 2 aromatic heterocycles. The van der Waals surface area contributed by atoms with Crippen LogP contribution in [-0.2, 0) is 17.8 Å². The second-order valence-corrected chi connectivity index (χ2v) is 7.87. The Bertz CT molecular complexity index is 1110. The van der Waals surface area contributed by atoms with Crippen molar-refractivity contribution >= 4 is 5.91 Å². The van der Waals surface area contributed by atoms with Gasteiger partial charge in [-0.1, -0.05) is 24.3 Å². The molecule has 1 saturated heterocycles. The van der Waals surface area contributed by atoms with Crippen molar-refractivity contribution in [1.29, 1.82) is 0 Å². The summed E-state index contributed by atoms with van der Waals surface area (Å²) < 4.78 is 33.3. The van der Waals surface area contributed by atoms with E-state index < -0.39 is 11.9 Å². The Morgan fingerprint density at radius 3 is 2.59 bits per heavy atom. The van der Waals surface area contributed by atoms with E-state index in [0.29, 0.717) is 17.7 Å². The molecule has 0 aliphatic carbocycles. The molecule has 178 valence electrons. The highest BCUT2D eigenvalue weighted by molar-refractivity contribution is 5.78. The summed E-state index contributed by atoms with van der Waals surface area (Å²) in [5.74, 6) is -1.06. The molecular formula is C24H26F2N6O2. The fourth-order valence-corrected chi connectivity index (χ4v) is 3.61. The fraction of sp³-hybridized carbons (Fsp3) is 0.333. The second kappa shape index (κ2) is 11.6. The molecule has 34 heavy (non-hydrogen) atoms. The predicted octanol–water partition coefficient (Wildman–Crippen LogP) is 1.96. The van der Waals surface area contributed by atoms with Gasteiger partial charge in [0.2, 0.25) is 23.7 Å². The van der Waals surface area contributed by atoms with Gasteiger partial charge >= 0.3 is 0 Å². The van der Waals surface area contributed by atoms with Crippen LogP contribution < -0.4 is 15.4 Å². The maximum atomic E-state index is 14.6. The molecule has 1 aromatic carbocycles. The number of ether oxygens (including phenoxy) is 1. The van der Waals surface area contributed by atoms with Crippen LogP contribution in [0.4, 0.5) is 8.78 Å². The van der Waals surface area contributed by atoms with Gasteiger partial charge in [-0.3, -0.25) is 9.69 Å². The lowest BCUT2D eigenvalue weighted by molar-refractivity contribution is -0.120. The lowest BCUT2D eigenvalue weighted by Crippen LogP contribution is -2.44. The smallest absolute Gasteiger partial charge is 0.224 e. The van der Waals surface area contributed by atoms with E-state index in [1.165, 1.54) is 6.20 Å². The van der Waals surface area contributed by atoms with Crippen molar-refractivity contribution in [1.82, 2.24) is 30.5 Å². The van der Waals surface area contributed by atoms with Crippen LogP contribution >= 0.6 is 0 Å². The number of benzene rings is 1. The van der Waals surface area contributed by atoms with Crippen molar-refractivity contribution in [3.63, 3.8) is 0 Å². The molecule has 1 aliphatic rings. The van der Waals surface area contributed by atoms with Crippen LogP contribution in [0.2, 0.25) is 0 Å². The summed E-state index contributed by atoms with van der Waals surface area (Å²) in [6.45, 7) is 5.15. The molecule has 10 heteroatoms. The minimum atomic E-state index is -0.647. The van der Waals surface area contributed by atoms with Crippen LogP contribution in [0.3, 0.4) is 0 Å². The summed E-state index contributed by atoms with van der Waals surface area (Å²) in [5, 5.41) is 5.95. The Labute approximate surface area is 196 Å². The number of nitrogens with one attached hydrogen (secondary N) is 2. The summed E-state index contributed by atoms with van der Waals surface area (Å²) in [4.78, 5) is 25.9. The van der Waals surface area contributed by atoms with Crippen molar-refractivity contribution in [2.24, 2.45) is 0 Å². The van der Waals surface area contributed by atoms with E-state index in [0.717, 1.165) is 44.4 Å². The summed E-state index contributed by atoms with van der Waals surface area (Å²) >= 11 is 0. The third-order valence-electron chi connectivity index (χ3n) is 5.44. The van der Waals surface area contributed by atoms with E-state index in [1.807, 2.05) is 0 Å². The molecule has 0 spiro atoms. The molecule has 1 aliphatic heterocycles. The molecule has 3 heterocycles. The Kier molecular flexibility index (Phi) is 8.05. The number of hydrogen-bond acceptors (Lipinski definition) is 7. The van der Waals surface area contributed by atoms with Crippen molar-refractivity contribution in [2.75, 3.05) is 39.3 Å². The van der Waals surface area contributed by atoms with Crippen molar-refractivity contribution in [3.05, 3.63) is 71.9 Å². The fourth-order valence-electron chi connectivity index (χ4n) is 3.61. The molecule has 4 rings (SSSR count). The number of pyridine rings is 1. The van der Waals surface area contributed by atoms with Crippen LogP contribution in [0, 0.1) is 11.9 Å². The molecule has 1 fully saturated rings. The first kappa shape index (κ1) is 23.7. The molecule has 0 unspecified atom stereocenters. The van der Waals surface area contributed by atoms with Gasteiger partial charge < -0.3 is 15.4 Å². The van der Waals surface area contributed by atoms with Gasteiger partial charge in [0.05, 0.1) is 13.0 Å². The quantitative estimate of drug-likeness (QED) is 0.366. The number of hydrogen-bond donors (Lipinski definition) is 2. The average molecular weight is 469 g/mol. The van der Waals surface area contributed by atoms with E-state index in [4.69, 9.17) is 4.74 Å². The molecule has 1 amide bonds. The second-order valence-electron chi connectivity index (χ2n) is 7.87. The Morgan fingerprint density at radius 2 is 1.85 bits per heavy atom. The number of piperazine rings is 1. The number of amides is 1. The standard InChI is InChI=1S/C24H26F2N6O2/c25-20-7-8-28-21(30-20)16-29-22(33)15-17-1-3-18(4-2-17)19-5-6-23(31-24(19)26)34-14-13-32-11-9-27-10-12-32/h1-8,27H,9-16H2,(H,29,33).